The zero-order chi connectivity index (χ0) is 16.2. The average molecular weight is 346 g/mol. The van der Waals surface area contributed by atoms with Gasteiger partial charge in [0.1, 0.15) is 18.2 Å². The molecule has 0 saturated carbocycles. The third kappa shape index (κ3) is 3.92. The summed E-state index contributed by atoms with van der Waals surface area (Å²) in [6.07, 6.45) is 3.36. The molecule has 23 heavy (non-hydrogen) atoms. The number of halogens is 2. The Morgan fingerprint density at radius 3 is 2.61 bits per heavy atom. The second-order valence-electron chi connectivity index (χ2n) is 4.87. The van der Waals surface area contributed by atoms with E-state index in [0.717, 1.165) is 16.8 Å². The molecule has 0 atom stereocenters. The number of pyridine rings is 2. The van der Waals surface area contributed by atoms with Gasteiger partial charge in [0, 0.05) is 39.6 Å². The molecule has 0 fully saturated rings. The first kappa shape index (κ1) is 15.6. The lowest BCUT2D eigenvalue weighted by Gasteiger charge is -2.09. The molecule has 2 N–H and O–H groups in total. The quantitative estimate of drug-likeness (QED) is 0.749. The fourth-order valence-electron chi connectivity index (χ4n) is 2.02. The third-order valence-corrected chi connectivity index (χ3v) is 3.81. The summed E-state index contributed by atoms with van der Waals surface area (Å²) in [4.78, 5) is 8.38. The molecular weight excluding hydrogens is 333 g/mol. The van der Waals surface area contributed by atoms with Gasteiger partial charge in [0.25, 0.3) is 0 Å². The number of aromatic nitrogens is 2. The number of nitrogens with zero attached hydrogens (tertiary/aromatic N) is 2. The molecule has 0 aliphatic carbocycles. The van der Waals surface area contributed by atoms with Crippen LogP contribution in [0.15, 0.2) is 54.9 Å². The topological polar surface area (TPSA) is 61.0 Å². The predicted molar refractivity (Wildman–Crippen MR) is 92.7 cm³/mol. The summed E-state index contributed by atoms with van der Waals surface area (Å²) in [5.74, 6) is 1.16. The lowest BCUT2D eigenvalue weighted by atomic mass is 10.2. The van der Waals surface area contributed by atoms with Crippen LogP contribution in [0.25, 0.3) is 11.3 Å². The Morgan fingerprint density at radius 2 is 1.87 bits per heavy atom. The number of hydrogen-bond donors (Lipinski definition) is 1. The maximum atomic E-state index is 6.14. The van der Waals surface area contributed by atoms with Crippen molar-refractivity contribution in [1.29, 1.82) is 0 Å². The summed E-state index contributed by atoms with van der Waals surface area (Å²) in [5, 5.41) is 1.18. The predicted octanol–water partition coefficient (Wildman–Crippen LogP) is 4.61. The molecule has 2 aromatic heterocycles. The Hall–Kier alpha value is -2.30. The smallest absolute Gasteiger partial charge is 0.123 e. The second kappa shape index (κ2) is 6.86. The molecule has 0 unspecified atom stereocenters. The molecule has 3 rings (SSSR count). The minimum atomic E-state index is 0.347. The van der Waals surface area contributed by atoms with Crippen LogP contribution < -0.4 is 10.5 Å². The summed E-state index contributed by atoms with van der Waals surface area (Å²) in [6.45, 7) is 0.347. The second-order valence-corrected chi connectivity index (χ2v) is 5.72. The van der Waals surface area contributed by atoms with Crippen LogP contribution in [0.4, 0.5) is 5.82 Å². The molecule has 116 valence electrons. The molecule has 0 amide bonds. The summed E-state index contributed by atoms with van der Waals surface area (Å²) >= 11 is 12.0. The van der Waals surface area contributed by atoms with Crippen LogP contribution in [0.5, 0.6) is 5.75 Å². The highest BCUT2D eigenvalue weighted by Gasteiger charge is 2.05. The van der Waals surface area contributed by atoms with Crippen molar-refractivity contribution >= 4 is 29.0 Å². The van der Waals surface area contributed by atoms with E-state index in [9.17, 15) is 0 Å². The maximum absolute atomic E-state index is 6.14. The molecule has 0 bridgehead atoms. The standard InChI is InChI=1S/C17H13Cl2N3O/c18-13-3-1-12(15(19)7-13)10-23-14-5-6-21-16(8-14)11-2-4-17(20)22-9-11/h1-9H,10H2,(H2,20,22). The highest BCUT2D eigenvalue weighted by molar-refractivity contribution is 6.35. The molecule has 0 saturated heterocycles. The highest BCUT2D eigenvalue weighted by Crippen LogP contribution is 2.25. The number of nitrogen functional groups attached to an aromatic ring is 1. The first-order chi connectivity index (χ1) is 11.1. The molecule has 3 aromatic rings. The number of rotatable bonds is 4. The van der Waals surface area contributed by atoms with Crippen molar-refractivity contribution in [2.24, 2.45) is 0 Å². The van der Waals surface area contributed by atoms with Crippen molar-refractivity contribution < 1.29 is 4.74 Å². The molecular formula is C17H13Cl2N3O. The third-order valence-electron chi connectivity index (χ3n) is 3.22. The Bertz CT molecular complexity index is 822. The summed E-state index contributed by atoms with van der Waals surface area (Å²) in [6, 6.07) is 12.6. The fraction of sp³-hybridized carbons (Fsp3) is 0.0588. The van der Waals surface area contributed by atoms with Gasteiger partial charge in [-0.1, -0.05) is 29.3 Å². The van der Waals surface area contributed by atoms with Gasteiger partial charge in [-0.3, -0.25) is 4.98 Å². The van der Waals surface area contributed by atoms with Gasteiger partial charge in [-0.2, -0.15) is 0 Å². The van der Waals surface area contributed by atoms with E-state index < -0.39 is 0 Å². The Kier molecular flexibility index (Phi) is 4.65. The average Bonchev–Trinajstić information content (AvgIpc) is 2.55. The molecule has 0 aliphatic rings. The van der Waals surface area contributed by atoms with E-state index in [-0.39, 0.29) is 0 Å². The number of nitrogens with two attached hydrogens (primary N) is 1. The Labute approximate surface area is 143 Å². The largest absolute Gasteiger partial charge is 0.489 e. The number of benzene rings is 1. The maximum Gasteiger partial charge on any atom is 0.123 e. The molecule has 0 spiro atoms. The summed E-state index contributed by atoms with van der Waals surface area (Å²) < 4.78 is 5.79. The van der Waals surface area contributed by atoms with Gasteiger partial charge >= 0.3 is 0 Å². The van der Waals surface area contributed by atoms with Gasteiger partial charge in [0.2, 0.25) is 0 Å². The molecule has 4 nitrogen and oxygen atoms in total. The zero-order valence-electron chi connectivity index (χ0n) is 12.0. The Morgan fingerprint density at radius 1 is 1.00 bits per heavy atom. The van der Waals surface area contributed by atoms with E-state index in [4.69, 9.17) is 33.7 Å². The van der Waals surface area contributed by atoms with E-state index >= 15 is 0 Å². The molecule has 6 heteroatoms. The number of hydrogen-bond acceptors (Lipinski definition) is 4. The zero-order valence-corrected chi connectivity index (χ0v) is 13.6. The molecule has 0 aliphatic heterocycles. The first-order valence-electron chi connectivity index (χ1n) is 6.86. The minimum Gasteiger partial charge on any atom is -0.489 e. The van der Waals surface area contributed by atoms with E-state index in [1.54, 1.807) is 36.7 Å². The van der Waals surface area contributed by atoms with Gasteiger partial charge in [-0.15, -0.1) is 0 Å². The van der Waals surface area contributed by atoms with Crippen LogP contribution in [-0.4, -0.2) is 9.97 Å². The summed E-state index contributed by atoms with van der Waals surface area (Å²) in [7, 11) is 0. The van der Waals surface area contributed by atoms with Gasteiger partial charge < -0.3 is 10.5 Å². The molecule has 0 radical (unpaired) electrons. The SMILES string of the molecule is Nc1ccc(-c2cc(OCc3ccc(Cl)cc3Cl)ccn2)cn1. The normalized spacial score (nSPS) is 10.5. The van der Waals surface area contributed by atoms with E-state index in [1.165, 1.54) is 0 Å². The van der Waals surface area contributed by atoms with Gasteiger partial charge in [0.15, 0.2) is 0 Å². The van der Waals surface area contributed by atoms with Crippen molar-refractivity contribution in [2.75, 3.05) is 5.73 Å². The first-order valence-corrected chi connectivity index (χ1v) is 7.62. The van der Waals surface area contributed by atoms with Gasteiger partial charge in [0.05, 0.1) is 5.69 Å². The van der Waals surface area contributed by atoms with Gasteiger partial charge in [-0.25, -0.2) is 4.98 Å². The van der Waals surface area contributed by atoms with E-state index in [2.05, 4.69) is 9.97 Å². The van der Waals surface area contributed by atoms with Crippen LogP contribution in [0.1, 0.15) is 5.56 Å². The fourth-order valence-corrected chi connectivity index (χ4v) is 2.48. The van der Waals surface area contributed by atoms with Crippen molar-refractivity contribution in [3.05, 3.63) is 70.5 Å². The highest BCUT2D eigenvalue weighted by atomic mass is 35.5. The van der Waals surface area contributed by atoms with Crippen molar-refractivity contribution in [2.45, 2.75) is 6.61 Å². The van der Waals surface area contributed by atoms with Crippen molar-refractivity contribution in [1.82, 2.24) is 9.97 Å². The van der Waals surface area contributed by atoms with Crippen LogP contribution in [0.3, 0.4) is 0 Å². The van der Waals surface area contributed by atoms with Crippen molar-refractivity contribution in [3.8, 4) is 17.0 Å². The van der Waals surface area contributed by atoms with E-state index in [0.29, 0.717) is 28.2 Å². The van der Waals surface area contributed by atoms with Crippen LogP contribution in [0.2, 0.25) is 10.0 Å². The molecule has 2 heterocycles. The van der Waals surface area contributed by atoms with Crippen LogP contribution in [0, 0.1) is 0 Å². The lowest BCUT2D eigenvalue weighted by Crippen LogP contribution is -1.97. The van der Waals surface area contributed by atoms with Crippen LogP contribution in [-0.2, 0) is 6.61 Å². The van der Waals surface area contributed by atoms with Gasteiger partial charge in [-0.05, 0) is 30.3 Å². The van der Waals surface area contributed by atoms with Crippen molar-refractivity contribution in [3.63, 3.8) is 0 Å². The Balaban J connectivity index is 1.76. The monoisotopic (exact) mass is 345 g/mol. The molecule has 1 aromatic carbocycles. The number of anilines is 1. The lowest BCUT2D eigenvalue weighted by molar-refractivity contribution is 0.306. The number of ether oxygens (including phenoxy) is 1. The minimum absolute atomic E-state index is 0.347. The summed E-state index contributed by atoms with van der Waals surface area (Å²) in [5.41, 5.74) is 8.09. The van der Waals surface area contributed by atoms with E-state index in [1.807, 2.05) is 18.2 Å². The van der Waals surface area contributed by atoms with Crippen LogP contribution >= 0.6 is 23.2 Å².